The van der Waals surface area contributed by atoms with Crippen molar-refractivity contribution < 1.29 is 14.5 Å². The first-order valence-corrected chi connectivity index (χ1v) is 9.28. The van der Waals surface area contributed by atoms with Crippen LogP contribution in [0.15, 0.2) is 53.6 Å². The van der Waals surface area contributed by atoms with E-state index in [0.29, 0.717) is 34.8 Å². The minimum absolute atomic E-state index is 0.00881. The Hall–Kier alpha value is -4.01. The molecule has 0 unspecified atom stereocenters. The highest BCUT2D eigenvalue weighted by Crippen LogP contribution is 2.25. The minimum atomic E-state index is -0.471. The number of H-pyrrole nitrogens is 1. The quantitative estimate of drug-likeness (QED) is 0.350. The summed E-state index contributed by atoms with van der Waals surface area (Å²) in [6.07, 6.45) is 0. The molecular formula is C21H21N5O4. The summed E-state index contributed by atoms with van der Waals surface area (Å²) in [6, 6.07) is 13.4. The number of rotatable bonds is 7. The number of carbonyl (C=O) groups excluding carboxylic acids is 1. The maximum atomic E-state index is 12.5. The van der Waals surface area contributed by atoms with Gasteiger partial charge < -0.3 is 4.74 Å². The van der Waals surface area contributed by atoms with Crippen molar-refractivity contribution in [2.24, 2.45) is 5.10 Å². The van der Waals surface area contributed by atoms with Crippen molar-refractivity contribution in [3.63, 3.8) is 0 Å². The summed E-state index contributed by atoms with van der Waals surface area (Å²) in [5.74, 6) is 0.335. The molecule has 154 valence electrons. The summed E-state index contributed by atoms with van der Waals surface area (Å²) < 4.78 is 5.44. The Morgan fingerprint density at radius 1 is 1.20 bits per heavy atom. The standard InChI is InChI=1S/C21H21N5O4/c1-4-30-18-11-7-16(8-12-18)19-13(2)20(24-23-19)21(27)25-22-14(3)15-5-9-17(10-6-15)26(28)29/h5-12H,4H2,1-3H3,(H,23,24)(H,25,27)/b22-14+. The molecule has 1 heterocycles. The zero-order valence-corrected chi connectivity index (χ0v) is 16.8. The number of nitrogens with one attached hydrogen (secondary N) is 2. The third kappa shape index (κ3) is 4.52. The van der Waals surface area contributed by atoms with Gasteiger partial charge in [0.1, 0.15) is 11.4 Å². The molecule has 9 nitrogen and oxygen atoms in total. The van der Waals surface area contributed by atoms with Crippen LogP contribution in [0.5, 0.6) is 5.75 Å². The summed E-state index contributed by atoms with van der Waals surface area (Å²) in [5, 5.41) is 21.8. The Morgan fingerprint density at radius 2 is 1.87 bits per heavy atom. The number of non-ortho nitro benzene ring substituents is 1. The molecule has 0 aliphatic heterocycles. The summed E-state index contributed by atoms with van der Waals surface area (Å²) in [7, 11) is 0. The van der Waals surface area contributed by atoms with E-state index < -0.39 is 10.8 Å². The first-order valence-electron chi connectivity index (χ1n) is 9.28. The number of hydrogen-bond acceptors (Lipinski definition) is 6. The third-order valence-electron chi connectivity index (χ3n) is 4.50. The molecule has 1 aromatic heterocycles. The van der Waals surface area contributed by atoms with Gasteiger partial charge in [0.25, 0.3) is 11.6 Å². The van der Waals surface area contributed by atoms with Crippen LogP contribution >= 0.6 is 0 Å². The number of hydrazone groups is 1. The molecule has 3 aromatic rings. The molecule has 0 saturated heterocycles. The van der Waals surface area contributed by atoms with Crippen molar-refractivity contribution in [2.75, 3.05) is 6.61 Å². The molecule has 0 bridgehead atoms. The molecular weight excluding hydrogens is 386 g/mol. The molecule has 3 rings (SSSR count). The van der Waals surface area contributed by atoms with Crippen molar-refractivity contribution in [1.82, 2.24) is 15.6 Å². The maximum absolute atomic E-state index is 12.5. The normalized spacial score (nSPS) is 11.2. The van der Waals surface area contributed by atoms with Crippen molar-refractivity contribution in [2.45, 2.75) is 20.8 Å². The van der Waals surface area contributed by atoms with Crippen LogP contribution in [0, 0.1) is 17.0 Å². The number of nitrogens with zero attached hydrogens (tertiary/aromatic N) is 3. The van der Waals surface area contributed by atoms with Crippen LogP contribution < -0.4 is 10.2 Å². The van der Waals surface area contributed by atoms with Crippen molar-refractivity contribution in [1.29, 1.82) is 0 Å². The predicted octanol–water partition coefficient (Wildman–Crippen LogP) is 3.85. The number of nitro benzene ring substituents is 1. The average Bonchev–Trinajstić information content (AvgIpc) is 3.14. The molecule has 2 N–H and O–H groups in total. The lowest BCUT2D eigenvalue weighted by Crippen LogP contribution is -2.20. The number of carbonyl (C=O) groups is 1. The molecule has 0 radical (unpaired) electrons. The Bertz CT molecular complexity index is 1090. The van der Waals surface area contributed by atoms with Gasteiger partial charge in [-0.3, -0.25) is 20.0 Å². The highest BCUT2D eigenvalue weighted by molar-refractivity contribution is 6.01. The Labute approximate surface area is 172 Å². The molecule has 30 heavy (non-hydrogen) atoms. The van der Waals surface area contributed by atoms with E-state index >= 15 is 0 Å². The minimum Gasteiger partial charge on any atom is -0.494 e. The predicted molar refractivity (Wildman–Crippen MR) is 113 cm³/mol. The molecule has 2 aromatic carbocycles. The molecule has 0 aliphatic carbocycles. The van der Waals surface area contributed by atoms with Crippen LogP contribution in [-0.2, 0) is 0 Å². The van der Waals surface area contributed by atoms with Crippen molar-refractivity contribution in [3.8, 4) is 17.0 Å². The van der Waals surface area contributed by atoms with Gasteiger partial charge in [0.15, 0.2) is 0 Å². The van der Waals surface area contributed by atoms with E-state index in [2.05, 4.69) is 20.7 Å². The van der Waals surface area contributed by atoms with Crippen molar-refractivity contribution >= 4 is 17.3 Å². The molecule has 0 spiro atoms. The second-order valence-electron chi connectivity index (χ2n) is 6.47. The number of hydrogen-bond donors (Lipinski definition) is 2. The van der Waals surface area contributed by atoms with E-state index in [4.69, 9.17) is 4.74 Å². The lowest BCUT2D eigenvalue weighted by molar-refractivity contribution is -0.384. The lowest BCUT2D eigenvalue weighted by Gasteiger charge is -2.04. The fourth-order valence-electron chi connectivity index (χ4n) is 2.86. The number of aromatic amines is 1. The van der Waals surface area contributed by atoms with Crippen LogP contribution in [0.25, 0.3) is 11.3 Å². The highest BCUT2D eigenvalue weighted by atomic mass is 16.6. The summed E-state index contributed by atoms with van der Waals surface area (Å²) in [5.41, 5.74) is 6.18. The molecule has 0 atom stereocenters. The van der Waals surface area contributed by atoms with Gasteiger partial charge in [-0.1, -0.05) is 0 Å². The van der Waals surface area contributed by atoms with Gasteiger partial charge >= 0.3 is 0 Å². The van der Waals surface area contributed by atoms with E-state index in [-0.39, 0.29) is 5.69 Å². The molecule has 9 heteroatoms. The number of ether oxygens (including phenoxy) is 1. The molecule has 0 fully saturated rings. The van der Waals surface area contributed by atoms with Gasteiger partial charge in [-0.15, -0.1) is 0 Å². The SMILES string of the molecule is CCOc1ccc(-c2n[nH]c(C(=O)N/N=C(\C)c3ccc([N+](=O)[O-])cc3)c2C)cc1. The summed E-state index contributed by atoms with van der Waals surface area (Å²) >= 11 is 0. The van der Waals surface area contributed by atoms with Crippen molar-refractivity contribution in [3.05, 3.63) is 75.5 Å². The Balaban J connectivity index is 1.72. The van der Waals surface area contributed by atoms with Gasteiger partial charge in [-0.05, 0) is 62.7 Å². The van der Waals surface area contributed by atoms with Gasteiger partial charge in [0, 0.05) is 23.3 Å². The van der Waals surface area contributed by atoms with Crippen LogP contribution in [0.2, 0.25) is 0 Å². The zero-order chi connectivity index (χ0) is 21.7. The fraction of sp³-hybridized carbons (Fsp3) is 0.190. The lowest BCUT2D eigenvalue weighted by atomic mass is 10.1. The van der Waals surface area contributed by atoms with Gasteiger partial charge in [-0.25, -0.2) is 5.43 Å². The van der Waals surface area contributed by atoms with E-state index in [0.717, 1.165) is 11.3 Å². The largest absolute Gasteiger partial charge is 0.494 e. The first-order chi connectivity index (χ1) is 14.4. The van der Waals surface area contributed by atoms with Gasteiger partial charge in [0.2, 0.25) is 0 Å². The second kappa shape index (κ2) is 8.99. The average molecular weight is 407 g/mol. The molecule has 0 aliphatic rings. The van der Waals surface area contributed by atoms with Gasteiger partial charge in [0.05, 0.1) is 22.9 Å². The Morgan fingerprint density at radius 3 is 2.47 bits per heavy atom. The maximum Gasteiger partial charge on any atom is 0.289 e. The summed E-state index contributed by atoms with van der Waals surface area (Å²) in [4.78, 5) is 22.8. The highest BCUT2D eigenvalue weighted by Gasteiger charge is 2.17. The van der Waals surface area contributed by atoms with Crippen LogP contribution in [0.1, 0.15) is 35.5 Å². The van der Waals surface area contributed by atoms with E-state index in [9.17, 15) is 14.9 Å². The van der Waals surface area contributed by atoms with E-state index in [1.54, 1.807) is 26.0 Å². The number of amides is 1. The van der Waals surface area contributed by atoms with Crippen LogP contribution in [-0.4, -0.2) is 33.3 Å². The summed E-state index contributed by atoms with van der Waals surface area (Å²) in [6.45, 7) is 6.01. The number of nitro groups is 1. The second-order valence-corrected chi connectivity index (χ2v) is 6.47. The molecule has 0 saturated carbocycles. The number of aromatic nitrogens is 2. The monoisotopic (exact) mass is 407 g/mol. The van der Waals surface area contributed by atoms with Gasteiger partial charge in [-0.2, -0.15) is 10.2 Å². The van der Waals surface area contributed by atoms with E-state index in [1.165, 1.54) is 12.1 Å². The smallest absolute Gasteiger partial charge is 0.289 e. The number of benzene rings is 2. The van der Waals surface area contributed by atoms with Crippen LogP contribution in [0.3, 0.4) is 0 Å². The van der Waals surface area contributed by atoms with E-state index in [1.807, 2.05) is 31.2 Å². The van der Waals surface area contributed by atoms with Crippen LogP contribution in [0.4, 0.5) is 5.69 Å². The zero-order valence-electron chi connectivity index (χ0n) is 16.8. The molecule has 1 amide bonds. The third-order valence-corrected chi connectivity index (χ3v) is 4.50. The first kappa shape index (κ1) is 20.7. The fourth-order valence-corrected chi connectivity index (χ4v) is 2.86. The Kier molecular flexibility index (Phi) is 6.21. The topological polar surface area (TPSA) is 123 Å².